The SMILES string of the molecule is CCNC(CC1CCC1)c1c(F)ccc(C)c1F. The van der Waals surface area contributed by atoms with Gasteiger partial charge in [-0.1, -0.05) is 32.3 Å². The van der Waals surface area contributed by atoms with Crippen molar-refractivity contribution in [2.45, 2.75) is 45.6 Å². The summed E-state index contributed by atoms with van der Waals surface area (Å²) in [5.41, 5.74) is 0.742. The number of aryl methyl sites for hydroxylation is 1. The van der Waals surface area contributed by atoms with Crippen LogP contribution >= 0.6 is 0 Å². The highest BCUT2D eigenvalue weighted by Crippen LogP contribution is 2.36. The van der Waals surface area contributed by atoms with Gasteiger partial charge in [-0.25, -0.2) is 8.78 Å². The average molecular weight is 253 g/mol. The zero-order valence-corrected chi connectivity index (χ0v) is 11.1. The minimum Gasteiger partial charge on any atom is -0.310 e. The highest BCUT2D eigenvalue weighted by Gasteiger charge is 2.26. The Morgan fingerprint density at radius 3 is 2.61 bits per heavy atom. The lowest BCUT2D eigenvalue weighted by Crippen LogP contribution is -2.27. The van der Waals surface area contributed by atoms with Crippen LogP contribution in [0.3, 0.4) is 0 Å². The molecular weight excluding hydrogens is 232 g/mol. The molecule has 100 valence electrons. The predicted octanol–water partition coefficient (Wildman–Crippen LogP) is 4.11. The van der Waals surface area contributed by atoms with Crippen LogP contribution in [-0.4, -0.2) is 6.54 Å². The molecule has 1 unspecified atom stereocenters. The number of benzene rings is 1. The van der Waals surface area contributed by atoms with Gasteiger partial charge in [-0.15, -0.1) is 0 Å². The van der Waals surface area contributed by atoms with Crippen molar-refractivity contribution >= 4 is 0 Å². The van der Waals surface area contributed by atoms with Gasteiger partial charge in [0.15, 0.2) is 0 Å². The third kappa shape index (κ3) is 2.72. The van der Waals surface area contributed by atoms with E-state index >= 15 is 0 Å². The van der Waals surface area contributed by atoms with E-state index in [0.29, 0.717) is 11.5 Å². The third-order valence-corrected chi connectivity index (χ3v) is 3.91. The van der Waals surface area contributed by atoms with E-state index in [0.717, 1.165) is 13.0 Å². The van der Waals surface area contributed by atoms with E-state index in [9.17, 15) is 8.78 Å². The van der Waals surface area contributed by atoms with E-state index in [1.165, 1.54) is 31.4 Å². The Hall–Kier alpha value is -0.960. The lowest BCUT2D eigenvalue weighted by Gasteiger charge is -2.30. The molecule has 0 bridgehead atoms. The number of hydrogen-bond donors (Lipinski definition) is 1. The molecule has 1 fully saturated rings. The molecule has 1 atom stereocenters. The first-order valence-corrected chi connectivity index (χ1v) is 6.81. The van der Waals surface area contributed by atoms with Crippen LogP contribution in [-0.2, 0) is 0 Å². The summed E-state index contributed by atoms with van der Waals surface area (Å²) in [5, 5.41) is 3.23. The topological polar surface area (TPSA) is 12.0 Å². The molecule has 18 heavy (non-hydrogen) atoms. The summed E-state index contributed by atoms with van der Waals surface area (Å²) in [5.74, 6) is -0.197. The second-order valence-electron chi connectivity index (χ2n) is 5.23. The van der Waals surface area contributed by atoms with Gasteiger partial charge in [-0.3, -0.25) is 0 Å². The molecule has 1 saturated carbocycles. The Balaban J connectivity index is 2.25. The first-order chi connectivity index (χ1) is 8.63. The molecule has 1 aromatic carbocycles. The fraction of sp³-hybridized carbons (Fsp3) is 0.600. The van der Waals surface area contributed by atoms with Crippen LogP contribution in [0, 0.1) is 24.5 Å². The van der Waals surface area contributed by atoms with E-state index in [1.807, 2.05) is 6.92 Å². The Morgan fingerprint density at radius 1 is 1.33 bits per heavy atom. The second kappa shape index (κ2) is 5.79. The lowest BCUT2D eigenvalue weighted by molar-refractivity contribution is 0.257. The van der Waals surface area contributed by atoms with Crippen molar-refractivity contribution in [3.8, 4) is 0 Å². The van der Waals surface area contributed by atoms with Crippen molar-refractivity contribution in [3.63, 3.8) is 0 Å². The molecule has 0 spiro atoms. The molecule has 0 aliphatic heterocycles. The Labute approximate surface area is 108 Å². The molecule has 1 N–H and O–H groups in total. The van der Waals surface area contributed by atoms with Gasteiger partial charge < -0.3 is 5.32 Å². The first kappa shape index (κ1) is 13.5. The summed E-state index contributed by atoms with van der Waals surface area (Å²) in [4.78, 5) is 0. The van der Waals surface area contributed by atoms with Gasteiger partial charge in [0, 0.05) is 11.6 Å². The summed E-state index contributed by atoms with van der Waals surface area (Å²) in [6.45, 7) is 4.38. The average Bonchev–Trinajstić information content (AvgIpc) is 2.29. The summed E-state index contributed by atoms with van der Waals surface area (Å²) in [6, 6.07) is 2.68. The van der Waals surface area contributed by atoms with E-state index < -0.39 is 5.82 Å². The number of nitrogens with one attached hydrogen (secondary N) is 1. The molecule has 0 saturated heterocycles. The van der Waals surface area contributed by atoms with Crippen molar-refractivity contribution < 1.29 is 8.78 Å². The van der Waals surface area contributed by atoms with Crippen LogP contribution in [0.1, 0.15) is 49.8 Å². The van der Waals surface area contributed by atoms with Gasteiger partial charge in [-0.05, 0) is 37.4 Å². The Bertz CT molecular complexity index is 413. The fourth-order valence-corrected chi connectivity index (χ4v) is 2.61. The van der Waals surface area contributed by atoms with Gasteiger partial charge in [0.1, 0.15) is 11.6 Å². The molecule has 0 radical (unpaired) electrons. The fourth-order valence-electron chi connectivity index (χ4n) is 2.61. The van der Waals surface area contributed by atoms with Crippen LogP contribution in [0.15, 0.2) is 12.1 Å². The van der Waals surface area contributed by atoms with E-state index in [-0.39, 0.29) is 17.4 Å². The lowest BCUT2D eigenvalue weighted by atomic mass is 9.79. The van der Waals surface area contributed by atoms with Crippen molar-refractivity contribution in [2.24, 2.45) is 5.92 Å². The van der Waals surface area contributed by atoms with Gasteiger partial charge in [0.05, 0.1) is 0 Å². The predicted molar refractivity (Wildman–Crippen MR) is 69.5 cm³/mol. The minimum absolute atomic E-state index is 0.194. The second-order valence-corrected chi connectivity index (χ2v) is 5.23. The van der Waals surface area contributed by atoms with Crippen molar-refractivity contribution in [1.29, 1.82) is 0 Å². The van der Waals surface area contributed by atoms with Gasteiger partial charge in [0.25, 0.3) is 0 Å². The van der Waals surface area contributed by atoms with Gasteiger partial charge in [0.2, 0.25) is 0 Å². The quantitative estimate of drug-likeness (QED) is 0.832. The smallest absolute Gasteiger partial charge is 0.133 e. The Morgan fingerprint density at radius 2 is 2.06 bits per heavy atom. The summed E-state index contributed by atoms with van der Waals surface area (Å²) >= 11 is 0. The van der Waals surface area contributed by atoms with Gasteiger partial charge >= 0.3 is 0 Å². The van der Waals surface area contributed by atoms with Crippen LogP contribution < -0.4 is 5.32 Å². The highest BCUT2D eigenvalue weighted by molar-refractivity contribution is 5.29. The molecule has 1 nitrogen and oxygen atoms in total. The van der Waals surface area contributed by atoms with Crippen molar-refractivity contribution in [2.75, 3.05) is 6.54 Å². The number of hydrogen-bond acceptors (Lipinski definition) is 1. The van der Waals surface area contributed by atoms with Crippen LogP contribution in [0.5, 0.6) is 0 Å². The van der Waals surface area contributed by atoms with Crippen LogP contribution in [0.4, 0.5) is 8.78 Å². The van der Waals surface area contributed by atoms with Crippen LogP contribution in [0.2, 0.25) is 0 Å². The molecule has 1 aliphatic carbocycles. The maximum atomic E-state index is 14.1. The minimum atomic E-state index is -0.427. The number of halogens is 2. The zero-order chi connectivity index (χ0) is 13.1. The van der Waals surface area contributed by atoms with E-state index in [1.54, 1.807) is 6.92 Å². The summed E-state index contributed by atoms with van der Waals surface area (Å²) in [6.07, 6.45) is 4.47. The Kier molecular flexibility index (Phi) is 4.33. The normalized spacial score (nSPS) is 17.6. The third-order valence-electron chi connectivity index (χ3n) is 3.91. The molecule has 1 aliphatic rings. The molecule has 1 aromatic rings. The van der Waals surface area contributed by atoms with Crippen molar-refractivity contribution in [3.05, 3.63) is 34.9 Å². The van der Waals surface area contributed by atoms with E-state index in [2.05, 4.69) is 5.32 Å². The molecule has 0 amide bonds. The zero-order valence-electron chi connectivity index (χ0n) is 11.1. The molecule has 0 aromatic heterocycles. The highest BCUT2D eigenvalue weighted by atomic mass is 19.1. The standard InChI is InChI=1S/C15H21F2N/c1-3-18-13(9-11-5-4-6-11)14-12(16)8-7-10(2)15(14)17/h7-8,11,13,18H,3-6,9H2,1-2H3. The maximum absolute atomic E-state index is 14.1. The summed E-state index contributed by atoms with van der Waals surface area (Å²) < 4.78 is 28.0. The van der Waals surface area contributed by atoms with Gasteiger partial charge in [-0.2, -0.15) is 0 Å². The summed E-state index contributed by atoms with van der Waals surface area (Å²) in [7, 11) is 0. The maximum Gasteiger partial charge on any atom is 0.133 e. The van der Waals surface area contributed by atoms with Crippen molar-refractivity contribution in [1.82, 2.24) is 5.32 Å². The largest absolute Gasteiger partial charge is 0.310 e. The first-order valence-electron chi connectivity index (χ1n) is 6.81. The molecule has 0 heterocycles. The molecule has 3 heteroatoms. The van der Waals surface area contributed by atoms with Crippen LogP contribution in [0.25, 0.3) is 0 Å². The van der Waals surface area contributed by atoms with E-state index in [4.69, 9.17) is 0 Å². The molecular formula is C15H21F2N. The number of rotatable bonds is 5. The monoisotopic (exact) mass is 253 g/mol. The molecule has 2 rings (SSSR count).